The summed E-state index contributed by atoms with van der Waals surface area (Å²) in [5.41, 5.74) is 3.36. The molecule has 2 heteroatoms. The fourth-order valence-electron chi connectivity index (χ4n) is 1.35. The molecule has 1 aliphatic carbocycles. The van der Waals surface area contributed by atoms with Gasteiger partial charge in [0.1, 0.15) is 0 Å². The molecule has 2 rings (SSSR count). The highest BCUT2D eigenvalue weighted by molar-refractivity contribution is 4.77. The van der Waals surface area contributed by atoms with E-state index in [1.807, 2.05) is 0 Å². The van der Waals surface area contributed by atoms with E-state index < -0.39 is 0 Å². The van der Waals surface area contributed by atoms with Gasteiger partial charge in [0.05, 0.1) is 0 Å². The van der Waals surface area contributed by atoms with Gasteiger partial charge in [0.25, 0.3) is 0 Å². The largest absolute Gasteiger partial charge is 0.255 e. The molecule has 0 bridgehead atoms. The van der Waals surface area contributed by atoms with Crippen molar-refractivity contribution in [3.8, 4) is 0 Å². The van der Waals surface area contributed by atoms with Gasteiger partial charge >= 0.3 is 0 Å². The normalized spacial score (nSPS) is 29.3. The Bertz CT molecular complexity index is 93.1. The van der Waals surface area contributed by atoms with Crippen LogP contribution in [0, 0.1) is 5.92 Å². The van der Waals surface area contributed by atoms with Crippen LogP contribution in [-0.2, 0) is 0 Å². The van der Waals surface area contributed by atoms with Gasteiger partial charge in [-0.3, -0.25) is 5.43 Å². The summed E-state index contributed by atoms with van der Waals surface area (Å²) in [6.45, 7) is 3.78. The average Bonchev–Trinajstić information content (AvgIpc) is 2.46. The summed E-state index contributed by atoms with van der Waals surface area (Å²) in [7, 11) is 0. The second-order valence-electron chi connectivity index (χ2n) is 3.15. The summed E-state index contributed by atoms with van der Waals surface area (Å²) in [4.78, 5) is 0. The van der Waals surface area contributed by atoms with Crippen LogP contribution in [0.4, 0.5) is 0 Å². The van der Waals surface area contributed by atoms with Crippen molar-refractivity contribution < 1.29 is 0 Å². The van der Waals surface area contributed by atoms with Crippen molar-refractivity contribution >= 4 is 0 Å². The van der Waals surface area contributed by atoms with E-state index in [1.54, 1.807) is 0 Å². The quantitative estimate of drug-likeness (QED) is 0.583. The van der Waals surface area contributed by atoms with Crippen molar-refractivity contribution in [1.29, 1.82) is 0 Å². The molecule has 2 nitrogen and oxygen atoms in total. The van der Waals surface area contributed by atoms with Crippen molar-refractivity contribution in [3.05, 3.63) is 0 Å². The van der Waals surface area contributed by atoms with Gasteiger partial charge < -0.3 is 0 Å². The molecule has 1 saturated carbocycles. The van der Waals surface area contributed by atoms with E-state index in [9.17, 15) is 0 Å². The van der Waals surface area contributed by atoms with Crippen LogP contribution >= 0.6 is 0 Å². The van der Waals surface area contributed by atoms with Crippen LogP contribution < -0.4 is 5.43 Å². The SMILES string of the molecule is C1CNN(CC2CC2)C1. The lowest BCUT2D eigenvalue weighted by Crippen LogP contribution is -2.32. The molecule has 1 aliphatic heterocycles. The Balaban J connectivity index is 1.70. The first-order valence-electron chi connectivity index (χ1n) is 3.93. The fraction of sp³-hybridized carbons (Fsp3) is 1.00. The van der Waals surface area contributed by atoms with E-state index in [-0.39, 0.29) is 0 Å². The molecule has 9 heavy (non-hydrogen) atoms. The topological polar surface area (TPSA) is 15.3 Å². The van der Waals surface area contributed by atoms with E-state index in [1.165, 1.54) is 38.9 Å². The van der Waals surface area contributed by atoms with Crippen molar-refractivity contribution in [2.24, 2.45) is 5.92 Å². The van der Waals surface area contributed by atoms with E-state index >= 15 is 0 Å². The standard InChI is InChI=1S/C7H14N2/c1-4-8-9(5-1)6-7-2-3-7/h7-8H,1-6H2. The van der Waals surface area contributed by atoms with Gasteiger partial charge in [0.15, 0.2) is 0 Å². The molecule has 2 aliphatic rings. The fourth-order valence-corrected chi connectivity index (χ4v) is 1.35. The van der Waals surface area contributed by atoms with Crippen LogP contribution in [0.1, 0.15) is 19.3 Å². The molecule has 0 atom stereocenters. The number of hydrogen-bond donors (Lipinski definition) is 1. The van der Waals surface area contributed by atoms with Gasteiger partial charge in [-0.2, -0.15) is 0 Å². The van der Waals surface area contributed by atoms with Crippen LogP contribution in [-0.4, -0.2) is 24.6 Å². The Morgan fingerprint density at radius 1 is 1.44 bits per heavy atom. The van der Waals surface area contributed by atoms with Gasteiger partial charge in [0, 0.05) is 19.6 Å². The lowest BCUT2D eigenvalue weighted by Gasteiger charge is -2.13. The molecule has 0 spiro atoms. The molecule has 2 fully saturated rings. The van der Waals surface area contributed by atoms with Gasteiger partial charge in [0.2, 0.25) is 0 Å². The molecular formula is C7H14N2. The summed E-state index contributed by atoms with van der Waals surface area (Å²) >= 11 is 0. The zero-order valence-corrected chi connectivity index (χ0v) is 5.77. The first-order chi connectivity index (χ1) is 4.45. The van der Waals surface area contributed by atoms with Crippen molar-refractivity contribution in [2.75, 3.05) is 19.6 Å². The van der Waals surface area contributed by atoms with E-state index in [2.05, 4.69) is 10.4 Å². The molecule has 52 valence electrons. The molecule has 0 unspecified atom stereocenters. The maximum absolute atomic E-state index is 3.36. The third-order valence-corrected chi connectivity index (χ3v) is 2.12. The highest BCUT2D eigenvalue weighted by atomic mass is 15.5. The second kappa shape index (κ2) is 2.27. The first kappa shape index (κ1) is 5.69. The predicted octanol–water partition coefficient (Wildman–Crippen LogP) is 0.607. The highest BCUT2D eigenvalue weighted by Gasteiger charge is 2.25. The maximum atomic E-state index is 3.36. The smallest absolute Gasteiger partial charge is 0.0159 e. The molecule has 1 saturated heterocycles. The lowest BCUT2D eigenvalue weighted by atomic mass is 10.4. The van der Waals surface area contributed by atoms with Crippen LogP contribution in [0.25, 0.3) is 0 Å². The zero-order chi connectivity index (χ0) is 6.10. The van der Waals surface area contributed by atoms with E-state index in [0.29, 0.717) is 0 Å². The molecule has 0 aromatic heterocycles. The molecule has 1 heterocycles. The monoisotopic (exact) mass is 126 g/mol. The Kier molecular flexibility index (Phi) is 1.44. The molecule has 0 aromatic rings. The molecule has 1 N–H and O–H groups in total. The zero-order valence-electron chi connectivity index (χ0n) is 5.77. The summed E-state index contributed by atoms with van der Waals surface area (Å²) in [6, 6.07) is 0. The summed E-state index contributed by atoms with van der Waals surface area (Å²) in [5, 5.41) is 2.37. The van der Waals surface area contributed by atoms with E-state index in [4.69, 9.17) is 0 Å². The molecular weight excluding hydrogens is 112 g/mol. The van der Waals surface area contributed by atoms with Gasteiger partial charge in [-0.05, 0) is 25.2 Å². The predicted molar refractivity (Wildman–Crippen MR) is 36.9 cm³/mol. The summed E-state index contributed by atoms with van der Waals surface area (Å²) in [6.07, 6.45) is 4.28. The number of hydrogen-bond acceptors (Lipinski definition) is 2. The van der Waals surface area contributed by atoms with Gasteiger partial charge in [-0.25, -0.2) is 5.01 Å². The van der Waals surface area contributed by atoms with Crippen LogP contribution in [0.2, 0.25) is 0 Å². The van der Waals surface area contributed by atoms with E-state index in [0.717, 1.165) is 5.92 Å². The Morgan fingerprint density at radius 3 is 2.89 bits per heavy atom. The molecule has 0 radical (unpaired) electrons. The van der Waals surface area contributed by atoms with Gasteiger partial charge in [-0.1, -0.05) is 0 Å². The minimum absolute atomic E-state index is 1.04. The number of nitrogens with one attached hydrogen (secondary N) is 1. The van der Waals surface area contributed by atoms with Gasteiger partial charge in [-0.15, -0.1) is 0 Å². The summed E-state index contributed by atoms with van der Waals surface area (Å²) < 4.78 is 0. The van der Waals surface area contributed by atoms with Crippen LogP contribution in [0.5, 0.6) is 0 Å². The summed E-state index contributed by atoms with van der Waals surface area (Å²) in [5.74, 6) is 1.04. The Morgan fingerprint density at radius 2 is 2.33 bits per heavy atom. The Labute approximate surface area is 56.2 Å². The van der Waals surface area contributed by atoms with Crippen LogP contribution in [0.15, 0.2) is 0 Å². The second-order valence-corrected chi connectivity index (χ2v) is 3.15. The lowest BCUT2D eigenvalue weighted by molar-refractivity contribution is 0.243. The third-order valence-electron chi connectivity index (χ3n) is 2.12. The van der Waals surface area contributed by atoms with Crippen molar-refractivity contribution in [1.82, 2.24) is 10.4 Å². The minimum atomic E-state index is 1.04. The Hall–Kier alpha value is -0.0800. The number of hydrazine groups is 1. The molecule has 0 amide bonds. The molecule has 0 aromatic carbocycles. The minimum Gasteiger partial charge on any atom is -0.255 e. The average molecular weight is 126 g/mol. The van der Waals surface area contributed by atoms with Crippen molar-refractivity contribution in [2.45, 2.75) is 19.3 Å². The van der Waals surface area contributed by atoms with Crippen LogP contribution in [0.3, 0.4) is 0 Å². The number of nitrogens with zero attached hydrogens (tertiary/aromatic N) is 1. The maximum Gasteiger partial charge on any atom is 0.0159 e. The highest BCUT2D eigenvalue weighted by Crippen LogP contribution is 2.29. The third kappa shape index (κ3) is 1.43. The van der Waals surface area contributed by atoms with Crippen molar-refractivity contribution in [3.63, 3.8) is 0 Å². The number of rotatable bonds is 2. The first-order valence-corrected chi connectivity index (χ1v) is 3.93.